The number of fused-ring (bicyclic) bond motifs is 12. The molecule has 0 spiro atoms. The molecule has 0 bridgehead atoms. The number of benzene rings is 10. The number of anilines is 10. The van der Waals surface area contributed by atoms with Gasteiger partial charge in [-0.3, -0.25) is 0 Å². The number of ether oxygens (including phenoxy) is 3. The molecule has 0 aromatic heterocycles. The van der Waals surface area contributed by atoms with Crippen LogP contribution in [0, 0.1) is 13.8 Å². The number of para-hydroxylation sites is 5. The zero-order valence-corrected chi connectivity index (χ0v) is 39.4. The molecule has 6 heterocycles. The number of rotatable bonds is 4. The number of hydrogen-bond acceptors (Lipinski definition) is 7. The van der Waals surface area contributed by atoms with Crippen molar-refractivity contribution in [2.75, 3.05) is 20.4 Å². The molecule has 0 saturated heterocycles. The molecule has 10 aromatic carbocycles. The van der Waals surface area contributed by atoms with E-state index >= 15 is 0 Å². The van der Waals surface area contributed by atoms with E-state index in [1.807, 2.05) is 18.2 Å². The summed E-state index contributed by atoms with van der Waals surface area (Å²) >= 11 is 0. The minimum absolute atomic E-state index is 0.0361. The minimum atomic E-state index is -0.232. The van der Waals surface area contributed by atoms with E-state index in [0.29, 0.717) is 0 Å². The third-order valence-electron chi connectivity index (χ3n) is 15.6. The smallest absolute Gasteiger partial charge is 0.260 e. The van der Waals surface area contributed by atoms with Gasteiger partial charge in [-0.25, -0.2) is 0 Å². The van der Waals surface area contributed by atoms with Crippen LogP contribution in [0.25, 0.3) is 0 Å². The molecule has 16 rings (SSSR count). The van der Waals surface area contributed by atoms with Gasteiger partial charge in [-0.15, -0.1) is 0 Å². The topological polar surface area (TPSA) is 58.2 Å². The molecular weight excluding hydrogens is 881 g/mol. The summed E-state index contributed by atoms with van der Waals surface area (Å²) in [5.74, 6) is 4.95. The summed E-state index contributed by atoms with van der Waals surface area (Å²) in [5.41, 5.74) is 23.6. The summed E-state index contributed by atoms with van der Waals surface area (Å²) in [6.07, 6.45) is 0. The Labute approximate surface area is 418 Å². The average Bonchev–Trinajstić information content (AvgIpc) is 3.40. The predicted molar refractivity (Wildman–Crippen MR) is 298 cm³/mol. The van der Waals surface area contributed by atoms with Gasteiger partial charge in [0.15, 0.2) is 0 Å². The van der Waals surface area contributed by atoms with E-state index in [1.165, 1.54) is 38.6 Å². The van der Waals surface area contributed by atoms with Crippen LogP contribution in [-0.2, 0) is 0 Å². The van der Waals surface area contributed by atoms with Gasteiger partial charge in [0, 0.05) is 86.6 Å². The van der Waals surface area contributed by atoms with Gasteiger partial charge in [0.2, 0.25) is 0 Å². The highest BCUT2D eigenvalue weighted by Crippen LogP contribution is 2.47. The summed E-state index contributed by atoms with van der Waals surface area (Å²) in [6, 6.07) is 72.1. The van der Waals surface area contributed by atoms with Crippen molar-refractivity contribution in [1.29, 1.82) is 0 Å². The Kier molecular flexibility index (Phi) is 8.16. The standard InChI is InChI=1S/C62H41B3N4O3/c1-36-26-49-60-52(27-36)68(40-18-8-4-9-19-40)50-34-55-46(32-44(50)63(60)42-22-12-14-24-48(42)67-49)65-47-33-45-51(35-56(47)72-59-31-39(30-58(71-55)62(59)65)66-38-16-6-3-7-17-38)69(41-20-10-5-11-21-41)53-28-37(2)29-57-61(53)64(45)43-23-13-15-25-54(43)70-57/h3-35,66-67H,1-2H3. The van der Waals surface area contributed by atoms with Crippen LogP contribution in [0.5, 0.6) is 34.5 Å². The van der Waals surface area contributed by atoms with Crippen molar-refractivity contribution < 1.29 is 14.2 Å². The van der Waals surface area contributed by atoms with Crippen molar-refractivity contribution in [1.82, 2.24) is 0 Å². The Morgan fingerprint density at radius 3 is 1.50 bits per heavy atom. The fraction of sp³-hybridized carbons (Fsp3) is 0.0323. The van der Waals surface area contributed by atoms with Gasteiger partial charge in [-0.2, -0.15) is 0 Å². The molecule has 0 atom stereocenters. The minimum Gasteiger partial charge on any atom is -0.458 e. The molecule has 0 unspecified atom stereocenters. The zero-order valence-electron chi connectivity index (χ0n) is 39.4. The largest absolute Gasteiger partial charge is 0.458 e. The van der Waals surface area contributed by atoms with Gasteiger partial charge in [0.25, 0.3) is 20.1 Å². The van der Waals surface area contributed by atoms with Crippen LogP contribution in [-0.4, -0.2) is 20.1 Å². The fourth-order valence-corrected chi connectivity index (χ4v) is 12.8. The van der Waals surface area contributed by atoms with E-state index in [4.69, 9.17) is 14.2 Å². The SMILES string of the molecule is Cc1cc2c3c(c1)N(c1ccccc1)c1cc4c(cc1B3c1ccccc1N2)B1c2cc3c(cc2Oc2cc(Nc5ccccc5)cc(c21)O4)N(c1ccccc1)c1cc(C)cc2c1B3c1ccccc1O2. The quantitative estimate of drug-likeness (QED) is 0.171. The van der Waals surface area contributed by atoms with Gasteiger partial charge in [0.1, 0.15) is 34.5 Å². The molecule has 10 heteroatoms. The molecule has 7 nitrogen and oxygen atoms in total. The monoisotopic (exact) mass is 922 g/mol. The number of nitrogens with one attached hydrogen (secondary N) is 2. The number of aryl methyl sites for hydroxylation is 2. The van der Waals surface area contributed by atoms with E-state index < -0.39 is 0 Å². The lowest BCUT2D eigenvalue weighted by atomic mass is 9.30. The third-order valence-corrected chi connectivity index (χ3v) is 15.6. The molecule has 0 fully saturated rings. The molecule has 6 aliphatic heterocycles. The first kappa shape index (κ1) is 39.8. The predicted octanol–water partition coefficient (Wildman–Crippen LogP) is 9.54. The Bertz CT molecular complexity index is 3750. The van der Waals surface area contributed by atoms with E-state index in [0.717, 1.165) is 113 Å². The summed E-state index contributed by atoms with van der Waals surface area (Å²) in [5, 5.41) is 7.54. The van der Waals surface area contributed by atoms with Gasteiger partial charge in [0.05, 0.1) is 0 Å². The molecule has 10 aromatic rings. The normalized spacial score (nSPS) is 14.0. The first-order valence-electron chi connectivity index (χ1n) is 24.8. The molecule has 0 aliphatic carbocycles. The summed E-state index contributed by atoms with van der Waals surface area (Å²) in [4.78, 5) is 4.85. The molecule has 6 aliphatic rings. The van der Waals surface area contributed by atoms with E-state index in [-0.39, 0.29) is 20.1 Å². The molecule has 2 N–H and O–H groups in total. The maximum atomic E-state index is 7.33. The molecular formula is C62H41B3N4O3. The first-order valence-corrected chi connectivity index (χ1v) is 24.8. The molecule has 336 valence electrons. The highest BCUT2D eigenvalue weighted by atomic mass is 16.5. The van der Waals surface area contributed by atoms with E-state index in [2.05, 4.69) is 216 Å². The second kappa shape index (κ2) is 14.8. The zero-order chi connectivity index (χ0) is 47.3. The Hall–Kier alpha value is -9.01. The highest BCUT2D eigenvalue weighted by molar-refractivity contribution is 7.03. The number of nitrogens with zero attached hydrogens (tertiary/aromatic N) is 2. The van der Waals surface area contributed by atoms with Crippen LogP contribution in [0.3, 0.4) is 0 Å². The number of hydrogen-bond donors (Lipinski definition) is 2. The molecule has 0 radical (unpaired) electrons. The summed E-state index contributed by atoms with van der Waals surface area (Å²) in [6.45, 7) is 3.99. The van der Waals surface area contributed by atoms with Gasteiger partial charge < -0.3 is 34.6 Å². The van der Waals surface area contributed by atoms with Crippen molar-refractivity contribution in [3.63, 3.8) is 0 Å². The van der Waals surface area contributed by atoms with Gasteiger partial charge in [-0.05, 0) is 141 Å². The Morgan fingerprint density at radius 2 is 0.847 bits per heavy atom. The van der Waals surface area contributed by atoms with E-state index in [9.17, 15) is 0 Å². The van der Waals surface area contributed by atoms with Crippen molar-refractivity contribution in [3.05, 3.63) is 211 Å². The summed E-state index contributed by atoms with van der Waals surface area (Å²) < 4.78 is 21.5. The first-order chi connectivity index (χ1) is 35.5. The van der Waals surface area contributed by atoms with Crippen LogP contribution in [0.1, 0.15) is 11.1 Å². The molecule has 72 heavy (non-hydrogen) atoms. The second-order valence-corrected chi connectivity index (χ2v) is 19.9. The maximum Gasteiger partial charge on any atom is 0.260 e. The van der Waals surface area contributed by atoms with Crippen LogP contribution in [0.2, 0.25) is 0 Å². The van der Waals surface area contributed by atoms with Crippen molar-refractivity contribution >= 4 is 126 Å². The lowest BCUT2D eigenvalue weighted by Gasteiger charge is -2.43. The Balaban J connectivity index is 0.976. The van der Waals surface area contributed by atoms with Crippen LogP contribution < -0.4 is 83.8 Å². The lowest BCUT2D eigenvalue weighted by Crippen LogP contribution is -2.64. The fourth-order valence-electron chi connectivity index (χ4n) is 12.8. The van der Waals surface area contributed by atoms with Gasteiger partial charge in [-0.1, -0.05) is 103 Å². The van der Waals surface area contributed by atoms with Crippen LogP contribution >= 0.6 is 0 Å². The second-order valence-electron chi connectivity index (χ2n) is 19.9. The van der Waals surface area contributed by atoms with Crippen molar-refractivity contribution in [2.45, 2.75) is 13.8 Å². The van der Waals surface area contributed by atoms with E-state index in [1.54, 1.807) is 0 Å². The summed E-state index contributed by atoms with van der Waals surface area (Å²) in [7, 11) is 0. The molecule has 0 saturated carbocycles. The maximum absolute atomic E-state index is 7.33. The lowest BCUT2D eigenvalue weighted by molar-refractivity contribution is 0.465. The van der Waals surface area contributed by atoms with Crippen LogP contribution in [0.15, 0.2) is 200 Å². The molecule has 0 amide bonds. The van der Waals surface area contributed by atoms with Crippen molar-refractivity contribution in [3.8, 4) is 34.5 Å². The van der Waals surface area contributed by atoms with Crippen molar-refractivity contribution in [2.24, 2.45) is 0 Å². The van der Waals surface area contributed by atoms with Gasteiger partial charge >= 0.3 is 0 Å². The average molecular weight is 922 g/mol. The third kappa shape index (κ3) is 5.66. The Morgan fingerprint density at radius 1 is 0.347 bits per heavy atom. The van der Waals surface area contributed by atoms with Crippen LogP contribution in [0.4, 0.5) is 56.9 Å². The highest BCUT2D eigenvalue weighted by Gasteiger charge is 2.48.